The summed E-state index contributed by atoms with van der Waals surface area (Å²) in [5.41, 5.74) is 0.668. The summed E-state index contributed by atoms with van der Waals surface area (Å²) >= 11 is 0. The van der Waals surface area contributed by atoms with Crippen LogP contribution in [0.5, 0.6) is 0 Å². The average Bonchev–Trinajstić information content (AvgIpc) is 2.24. The maximum absolute atomic E-state index is 11.3. The largest absolute Gasteiger partial charge is 0.285 e. The fourth-order valence-corrected chi connectivity index (χ4v) is 2.70. The van der Waals surface area contributed by atoms with Crippen LogP contribution in [0.15, 0.2) is 30.3 Å². The molecule has 90 valence electrons. The van der Waals surface area contributed by atoms with E-state index >= 15 is 0 Å². The molecule has 0 aliphatic rings. The molecule has 0 saturated heterocycles. The molecule has 1 rings (SSSR count). The molecule has 0 fully saturated rings. The van der Waals surface area contributed by atoms with E-state index in [0.29, 0.717) is 12.0 Å². The van der Waals surface area contributed by atoms with Crippen LogP contribution in [-0.4, -0.2) is 13.0 Å². The lowest BCUT2D eigenvalue weighted by molar-refractivity contribution is 0.460. The summed E-state index contributed by atoms with van der Waals surface area (Å²) in [5, 5.41) is -0.778. The Morgan fingerprint density at radius 3 is 2.31 bits per heavy atom. The van der Waals surface area contributed by atoms with Gasteiger partial charge in [-0.1, -0.05) is 56.5 Å². The van der Waals surface area contributed by atoms with E-state index in [1.807, 2.05) is 6.07 Å². The summed E-state index contributed by atoms with van der Waals surface area (Å²) < 4.78 is 31.8. The molecule has 16 heavy (non-hydrogen) atoms. The van der Waals surface area contributed by atoms with Gasteiger partial charge in [0.2, 0.25) is 0 Å². The van der Waals surface area contributed by atoms with Gasteiger partial charge in [-0.3, -0.25) is 4.55 Å². The van der Waals surface area contributed by atoms with Gasteiger partial charge in [0.15, 0.2) is 0 Å². The van der Waals surface area contributed by atoms with Crippen LogP contribution in [0.4, 0.5) is 0 Å². The molecule has 3 nitrogen and oxygen atoms in total. The molecule has 0 aliphatic heterocycles. The van der Waals surface area contributed by atoms with E-state index in [1.165, 1.54) is 0 Å². The summed E-state index contributed by atoms with van der Waals surface area (Å²) in [6.07, 6.45) is 3.32. The Balaban J connectivity index is 2.81. The number of benzene rings is 1. The maximum atomic E-state index is 11.3. The zero-order valence-corrected chi connectivity index (χ0v) is 10.3. The lowest BCUT2D eigenvalue weighted by Crippen LogP contribution is -2.12. The fourth-order valence-electron chi connectivity index (χ4n) is 1.73. The van der Waals surface area contributed by atoms with Crippen molar-refractivity contribution in [3.8, 4) is 0 Å². The third-order valence-corrected chi connectivity index (χ3v) is 3.83. The molecule has 1 unspecified atom stereocenters. The average molecular weight is 242 g/mol. The highest BCUT2D eigenvalue weighted by Crippen LogP contribution is 2.27. The second-order valence-electron chi connectivity index (χ2n) is 3.91. The molecule has 1 atom stereocenters. The highest BCUT2D eigenvalue weighted by Gasteiger charge is 2.23. The summed E-state index contributed by atoms with van der Waals surface area (Å²) in [5.74, 6) is 0. The van der Waals surface area contributed by atoms with E-state index in [-0.39, 0.29) is 0 Å². The van der Waals surface area contributed by atoms with Gasteiger partial charge in [0.05, 0.1) is 0 Å². The van der Waals surface area contributed by atoms with Crippen molar-refractivity contribution in [1.82, 2.24) is 0 Å². The molecule has 0 aromatic heterocycles. The number of rotatable bonds is 6. The molecule has 0 amide bonds. The predicted octanol–water partition coefficient (Wildman–Crippen LogP) is 3.20. The van der Waals surface area contributed by atoms with Crippen molar-refractivity contribution in [2.45, 2.75) is 37.9 Å². The molecule has 0 saturated carbocycles. The van der Waals surface area contributed by atoms with Gasteiger partial charge < -0.3 is 0 Å². The van der Waals surface area contributed by atoms with Gasteiger partial charge in [0.25, 0.3) is 10.1 Å². The number of unbranched alkanes of at least 4 members (excludes halogenated alkanes) is 2. The van der Waals surface area contributed by atoms with Gasteiger partial charge >= 0.3 is 0 Å². The SMILES string of the molecule is CCCCCC(c1ccccc1)S(=O)(=O)O. The van der Waals surface area contributed by atoms with Gasteiger partial charge in [-0.05, 0) is 12.0 Å². The van der Waals surface area contributed by atoms with E-state index in [4.69, 9.17) is 0 Å². The second kappa shape index (κ2) is 6.01. The minimum Gasteiger partial charge on any atom is -0.285 e. The highest BCUT2D eigenvalue weighted by atomic mass is 32.2. The molecular weight excluding hydrogens is 224 g/mol. The first-order valence-corrected chi connectivity index (χ1v) is 7.07. The van der Waals surface area contributed by atoms with Gasteiger partial charge in [0, 0.05) is 0 Å². The van der Waals surface area contributed by atoms with Crippen LogP contribution >= 0.6 is 0 Å². The molecule has 1 aromatic rings. The zero-order valence-electron chi connectivity index (χ0n) is 9.46. The topological polar surface area (TPSA) is 54.4 Å². The fraction of sp³-hybridized carbons (Fsp3) is 0.500. The molecular formula is C12H18O3S. The van der Waals surface area contributed by atoms with Crippen LogP contribution in [0.2, 0.25) is 0 Å². The van der Waals surface area contributed by atoms with Crippen molar-refractivity contribution < 1.29 is 13.0 Å². The molecule has 0 spiro atoms. The van der Waals surface area contributed by atoms with Crippen LogP contribution < -0.4 is 0 Å². The van der Waals surface area contributed by atoms with Crippen molar-refractivity contribution in [2.75, 3.05) is 0 Å². The quantitative estimate of drug-likeness (QED) is 0.615. The summed E-state index contributed by atoms with van der Waals surface area (Å²) in [4.78, 5) is 0. The van der Waals surface area contributed by atoms with Gasteiger partial charge in [-0.25, -0.2) is 0 Å². The van der Waals surface area contributed by atoms with Crippen LogP contribution in [0.3, 0.4) is 0 Å². The summed E-state index contributed by atoms with van der Waals surface area (Å²) in [7, 11) is -4.00. The molecule has 0 aliphatic carbocycles. The highest BCUT2D eigenvalue weighted by molar-refractivity contribution is 7.86. The molecule has 0 bridgehead atoms. The van der Waals surface area contributed by atoms with Crippen LogP contribution in [0.25, 0.3) is 0 Å². The Morgan fingerprint density at radius 2 is 1.81 bits per heavy atom. The first-order chi connectivity index (χ1) is 7.55. The van der Waals surface area contributed by atoms with Gasteiger partial charge in [0.1, 0.15) is 5.25 Å². The Hall–Kier alpha value is -0.870. The Kier molecular flexibility index (Phi) is 4.96. The monoisotopic (exact) mass is 242 g/mol. The van der Waals surface area contributed by atoms with E-state index in [0.717, 1.165) is 19.3 Å². The van der Waals surface area contributed by atoms with Crippen molar-refractivity contribution in [3.05, 3.63) is 35.9 Å². The Bertz CT molecular complexity index is 398. The van der Waals surface area contributed by atoms with Crippen LogP contribution in [-0.2, 0) is 10.1 Å². The normalized spacial score (nSPS) is 13.6. The smallest absolute Gasteiger partial charge is 0.271 e. The van der Waals surface area contributed by atoms with E-state index in [9.17, 15) is 13.0 Å². The van der Waals surface area contributed by atoms with E-state index in [1.54, 1.807) is 24.3 Å². The minimum atomic E-state index is -4.00. The lowest BCUT2D eigenvalue weighted by atomic mass is 10.1. The molecule has 1 aromatic carbocycles. The molecule has 0 heterocycles. The summed E-state index contributed by atoms with van der Waals surface area (Å²) in [6.45, 7) is 2.06. The minimum absolute atomic E-state index is 0.483. The third-order valence-electron chi connectivity index (χ3n) is 2.60. The molecule has 0 radical (unpaired) electrons. The lowest BCUT2D eigenvalue weighted by Gasteiger charge is -2.13. The van der Waals surface area contributed by atoms with E-state index < -0.39 is 15.4 Å². The van der Waals surface area contributed by atoms with Crippen LogP contribution in [0, 0.1) is 0 Å². The Morgan fingerprint density at radius 1 is 1.19 bits per heavy atom. The predicted molar refractivity (Wildman–Crippen MR) is 64.9 cm³/mol. The first kappa shape index (κ1) is 13.2. The second-order valence-corrected chi connectivity index (χ2v) is 5.51. The summed E-state index contributed by atoms with van der Waals surface area (Å²) in [6, 6.07) is 8.88. The first-order valence-electron chi connectivity index (χ1n) is 5.57. The standard InChI is InChI=1S/C12H18O3S/c1-2-3-5-10-12(16(13,14)15)11-8-6-4-7-9-11/h4,6-9,12H,2-3,5,10H2,1H3,(H,13,14,15). The van der Waals surface area contributed by atoms with Crippen molar-refractivity contribution in [3.63, 3.8) is 0 Å². The number of hydrogen-bond acceptors (Lipinski definition) is 2. The van der Waals surface area contributed by atoms with Crippen molar-refractivity contribution in [2.24, 2.45) is 0 Å². The third kappa shape index (κ3) is 3.94. The zero-order chi connectivity index (χ0) is 12.0. The maximum Gasteiger partial charge on any atom is 0.271 e. The van der Waals surface area contributed by atoms with Gasteiger partial charge in [-0.2, -0.15) is 8.42 Å². The number of hydrogen-bond donors (Lipinski definition) is 1. The molecule has 1 N–H and O–H groups in total. The Labute approximate surface area is 97.2 Å². The van der Waals surface area contributed by atoms with Crippen molar-refractivity contribution >= 4 is 10.1 Å². The van der Waals surface area contributed by atoms with E-state index in [2.05, 4.69) is 6.92 Å². The van der Waals surface area contributed by atoms with Gasteiger partial charge in [-0.15, -0.1) is 0 Å². The molecule has 4 heteroatoms. The van der Waals surface area contributed by atoms with Crippen LogP contribution in [0.1, 0.15) is 43.4 Å². The van der Waals surface area contributed by atoms with Crippen molar-refractivity contribution in [1.29, 1.82) is 0 Å².